The summed E-state index contributed by atoms with van der Waals surface area (Å²) < 4.78 is 6.06. The van der Waals surface area contributed by atoms with Crippen LogP contribution in [-0.4, -0.2) is 29.0 Å². The first-order chi connectivity index (χ1) is 11.0. The molecule has 2 saturated carbocycles. The Bertz CT molecular complexity index is 599. The van der Waals surface area contributed by atoms with Crippen LogP contribution in [0.25, 0.3) is 0 Å². The third-order valence-electron chi connectivity index (χ3n) is 7.00. The van der Waals surface area contributed by atoms with Gasteiger partial charge in [0, 0.05) is 13.0 Å². The van der Waals surface area contributed by atoms with Crippen molar-refractivity contribution in [3.05, 3.63) is 29.3 Å². The SMILES string of the molecule is CCOC1CC(O)[C@@]2(C)CC[C@@H]3c4ccc(O)cc4CC[C@H]3[C@H]12. The molecule has 0 saturated heterocycles. The Kier molecular flexibility index (Phi) is 3.69. The van der Waals surface area contributed by atoms with Gasteiger partial charge < -0.3 is 14.9 Å². The molecule has 2 unspecified atom stereocenters. The van der Waals surface area contributed by atoms with Gasteiger partial charge in [0.15, 0.2) is 0 Å². The van der Waals surface area contributed by atoms with E-state index in [2.05, 4.69) is 19.9 Å². The molecule has 4 rings (SSSR count). The summed E-state index contributed by atoms with van der Waals surface area (Å²) in [4.78, 5) is 0. The Hall–Kier alpha value is -1.06. The van der Waals surface area contributed by atoms with Crippen LogP contribution in [-0.2, 0) is 11.2 Å². The highest BCUT2D eigenvalue weighted by Gasteiger charge is 2.58. The molecular formula is C20H28O3. The van der Waals surface area contributed by atoms with Crippen molar-refractivity contribution in [3.63, 3.8) is 0 Å². The molecule has 2 fully saturated rings. The summed E-state index contributed by atoms with van der Waals surface area (Å²) in [5, 5.41) is 20.5. The molecule has 23 heavy (non-hydrogen) atoms. The zero-order chi connectivity index (χ0) is 16.2. The Morgan fingerprint density at radius 1 is 1.30 bits per heavy atom. The standard InChI is InChI=1S/C20H28O3/c1-3-23-17-11-18(22)20(2)9-8-15-14-7-5-13(21)10-12(14)4-6-16(15)19(17)20/h5,7,10,15-19,21-22H,3-4,6,8-9,11H2,1-2H3/t15-,16-,17?,18?,19-,20-/m1/s1. The van der Waals surface area contributed by atoms with E-state index < -0.39 is 0 Å². The van der Waals surface area contributed by atoms with Crippen LogP contribution in [0.4, 0.5) is 0 Å². The molecule has 0 spiro atoms. The summed E-state index contributed by atoms with van der Waals surface area (Å²) in [6.07, 6.45) is 5.16. The molecule has 0 amide bonds. The molecule has 0 bridgehead atoms. The number of aliphatic hydroxyl groups excluding tert-OH is 1. The molecule has 0 aromatic heterocycles. The maximum Gasteiger partial charge on any atom is 0.115 e. The van der Waals surface area contributed by atoms with Gasteiger partial charge in [-0.15, -0.1) is 0 Å². The topological polar surface area (TPSA) is 49.7 Å². The number of phenols is 1. The highest BCUT2D eigenvalue weighted by molar-refractivity contribution is 5.40. The van der Waals surface area contributed by atoms with Crippen molar-refractivity contribution in [1.29, 1.82) is 0 Å². The number of hydrogen-bond acceptors (Lipinski definition) is 3. The first kappa shape index (κ1) is 15.5. The summed E-state index contributed by atoms with van der Waals surface area (Å²) in [6.45, 7) is 5.07. The lowest BCUT2D eigenvalue weighted by Gasteiger charge is -2.51. The molecule has 0 heterocycles. The zero-order valence-corrected chi connectivity index (χ0v) is 14.2. The maximum absolute atomic E-state index is 10.7. The van der Waals surface area contributed by atoms with E-state index in [1.807, 2.05) is 12.1 Å². The van der Waals surface area contributed by atoms with Crippen LogP contribution >= 0.6 is 0 Å². The van der Waals surface area contributed by atoms with Gasteiger partial charge >= 0.3 is 0 Å². The summed E-state index contributed by atoms with van der Waals surface area (Å²) in [6, 6.07) is 5.91. The summed E-state index contributed by atoms with van der Waals surface area (Å²) in [5.74, 6) is 2.00. The molecule has 6 atom stereocenters. The van der Waals surface area contributed by atoms with Gasteiger partial charge in [-0.2, -0.15) is 0 Å². The van der Waals surface area contributed by atoms with E-state index in [0.717, 1.165) is 38.7 Å². The third-order valence-corrected chi connectivity index (χ3v) is 7.00. The minimum atomic E-state index is -0.230. The van der Waals surface area contributed by atoms with Gasteiger partial charge in [0.1, 0.15) is 5.75 Å². The van der Waals surface area contributed by atoms with Gasteiger partial charge in [-0.1, -0.05) is 13.0 Å². The van der Waals surface area contributed by atoms with Crippen LogP contribution in [0.1, 0.15) is 56.6 Å². The molecule has 3 aliphatic rings. The molecule has 3 aliphatic carbocycles. The fourth-order valence-electron chi connectivity index (χ4n) is 5.96. The molecule has 3 nitrogen and oxygen atoms in total. The largest absolute Gasteiger partial charge is 0.508 e. The van der Waals surface area contributed by atoms with E-state index >= 15 is 0 Å². The number of fused-ring (bicyclic) bond motifs is 5. The quantitative estimate of drug-likeness (QED) is 0.876. The average Bonchev–Trinajstić information content (AvgIpc) is 2.78. The lowest BCUT2D eigenvalue weighted by atomic mass is 9.55. The molecule has 0 aliphatic heterocycles. The first-order valence-corrected chi connectivity index (χ1v) is 9.16. The van der Waals surface area contributed by atoms with Gasteiger partial charge in [-0.25, -0.2) is 0 Å². The Labute approximate surface area is 138 Å². The van der Waals surface area contributed by atoms with Crippen LogP contribution < -0.4 is 0 Å². The van der Waals surface area contributed by atoms with E-state index in [0.29, 0.717) is 23.5 Å². The fraction of sp³-hybridized carbons (Fsp3) is 0.700. The molecule has 126 valence electrons. The normalized spacial score (nSPS) is 42.0. The molecule has 0 radical (unpaired) electrons. The minimum absolute atomic E-state index is 0.00935. The second-order valence-corrected chi connectivity index (χ2v) is 8.01. The minimum Gasteiger partial charge on any atom is -0.508 e. The Morgan fingerprint density at radius 2 is 2.13 bits per heavy atom. The van der Waals surface area contributed by atoms with Crippen LogP contribution in [0.2, 0.25) is 0 Å². The molecular weight excluding hydrogens is 288 g/mol. The number of benzene rings is 1. The highest BCUT2D eigenvalue weighted by Crippen LogP contribution is 2.61. The maximum atomic E-state index is 10.7. The number of rotatable bonds is 2. The van der Waals surface area contributed by atoms with E-state index in [1.54, 1.807) is 0 Å². The number of hydrogen-bond donors (Lipinski definition) is 2. The highest BCUT2D eigenvalue weighted by atomic mass is 16.5. The molecule has 2 N–H and O–H groups in total. The second-order valence-electron chi connectivity index (χ2n) is 8.01. The van der Waals surface area contributed by atoms with Gasteiger partial charge in [-0.3, -0.25) is 0 Å². The van der Waals surface area contributed by atoms with Crippen LogP contribution in [0, 0.1) is 17.3 Å². The van der Waals surface area contributed by atoms with Crippen molar-refractivity contribution in [2.24, 2.45) is 17.3 Å². The third kappa shape index (κ3) is 2.24. The van der Waals surface area contributed by atoms with Crippen molar-refractivity contribution in [1.82, 2.24) is 0 Å². The predicted molar refractivity (Wildman–Crippen MR) is 89.5 cm³/mol. The lowest BCUT2D eigenvalue weighted by molar-refractivity contribution is -0.0614. The van der Waals surface area contributed by atoms with Crippen LogP contribution in [0.3, 0.4) is 0 Å². The van der Waals surface area contributed by atoms with Crippen molar-refractivity contribution < 1.29 is 14.9 Å². The van der Waals surface area contributed by atoms with Gasteiger partial charge in [0.2, 0.25) is 0 Å². The van der Waals surface area contributed by atoms with Crippen molar-refractivity contribution in [2.75, 3.05) is 6.61 Å². The molecule has 1 aromatic carbocycles. The smallest absolute Gasteiger partial charge is 0.115 e. The van der Waals surface area contributed by atoms with Crippen LogP contribution in [0.5, 0.6) is 5.75 Å². The van der Waals surface area contributed by atoms with E-state index in [1.165, 1.54) is 11.1 Å². The Morgan fingerprint density at radius 3 is 2.91 bits per heavy atom. The summed E-state index contributed by atoms with van der Waals surface area (Å²) in [7, 11) is 0. The molecule has 1 aromatic rings. The van der Waals surface area contributed by atoms with Gasteiger partial charge in [-0.05, 0) is 79.0 Å². The van der Waals surface area contributed by atoms with Crippen LogP contribution in [0.15, 0.2) is 18.2 Å². The second kappa shape index (κ2) is 5.49. The average molecular weight is 316 g/mol. The number of ether oxygens (including phenoxy) is 1. The van der Waals surface area contributed by atoms with Crippen molar-refractivity contribution in [3.8, 4) is 5.75 Å². The van der Waals surface area contributed by atoms with Gasteiger partial charge in [0.25, 0.3) is 0 Å². The number of aromatic hydroxyl groups is 1. The van der Waals surface area contributed by atoms with E-state index in [-0.39, 0.29) is 17.6 Å². The fourth-order valence-corrected chi connectivity index (χ4v) is 5.96. The van der Waals surface area contributed by atoms with Crippen molar-refractivity contribution >= 4 is 0 Å². The number of aryl methyl sites for hydroxylation is 1. The first-order valence-electron chi connectivity index (χ1n) is 9.16. The van der Waals surface area contributed by atoms with Gasteiger partial charge in [0.05, 0.1) is 12.2 Å². The summed E-state index contributed by atoms with van der Waals surface area (Å²) in [5.41, 5.74) is 2.76. The molecule has 3 heteroatoms. The predicted octanol–water partition coefficient (Wildman–Crippen LogP) is 3.62. The number of aliphatic hydroxyl groups is 1. The Balaban J connectivity index is 1.70. The van der Waals surface area contributed by atoms with E-state index in [9.17, 15) is 10.2 Å². The number of phenolic OH excluding ortho intramolecular Hbond substituents is 1. The monoisotopic (exact) mass is 316 g/mol. The zero-order valence-electron chi connectivity index (χ0n) is 14.2. The van der Waals surface area contributed by atoms with E-state index in [4.69, 9.17) is 4.74 Å². The van der Waals surface area contributed by atoms with Crippen molar-refractivity contribution in [2.45, 2.75) is 64.1 Å². The lowest BCUT2D eigenvalue weighted by Crippen LogP contribution is -2.46. The summed E-state index contributed by atoms with van der Waals surface area (Å²) >= 11 is 0.